The van der Waals surface area contributed by atoms with Crippen LogP contribution in [0.4, 0.5) is 0 Å². The lowest BCUT2D eigenvalue weighted by Crippen LogP contribution is -2.53. The average Bonchev–Trinajstić information content (AvgIpc) is 3.43. The Bertz CT molecular complexity index is 1910. The molecule has 3 aromatic carbocycles. The molecule has 0 amide bonds. The molecule has 1 N–H and O–H groups in total. The molecule has 0 radical (unpaired) electrons. The van der Waals surface area contributed by atoms with E-state index in [0.717, 1.165) is 28.2 Å². The molecule has 0 spiro atoms. The first-order chi connectivity index (χ1) is 25.2. The van der Waals surface area contributed by atoms with Crippen LogP contribution in [0.3, 0.4) is 0 Å². The zero-order chi connectivity index (χ0) is 39.7. The molecule has 1 aliphatic rings. The van der Waals surface area contributed by atoms with Crippen LogP contribution < -0.4 is 20.7 Å². The molecule has 54 heavy (non-hydrogen) atoms. The number of ether oxygens (including phenoxy) is 3. The van der Waals surface area contributed by atoms with E-state index in [1.807, 2.05) is 42.5 Å². The van der Waals surface area contributed by atoms with Crippen molar-refractivity contribution in [1.29, 1.82) is 0 Å². The van der Waals surface area contributed by atoms with Crippen LogP contribution in [0.5, 0.6) is 11.5 Å². The van der Waals surface area contributed by atoms with Gasteiger partial charge in [-0.2, -0.15) is 0 Å². The molecule has 1 aromatic heterocycles. The Morgan fingerprint density at radius 1 is 0.667 bits per heavy atom. The Hall–Kier alpha value is -3.75. The summed E-state index contributed by atoms with van der Waals surface area (Å²) in [4.78, 5) is 28.3. The van der Waals surface area contributed by atoms with Gasteiger partial charge in [0, 0.05) is 18.2 Å². The highest BCUT2D eigenvalue weighted by molar-refractivity contribution is 6.74. The maximum atomic E-state index is 13.5. The van der Waals surface area contributed by atoms with Gasteiger partial charge in [0.05, 0.1) is 39.1 Å². The highest BCUT2D eigenvalue weighted by Crippen LogP contribution is 2.49. The lowest BCUT2D eigenvalue weighted by atomic mass is 9.79. The number of nitrogens with one attached hydrogen (secondary N) is 1. The van der Waals surface area contributed by atoms with Gasteiger partial charge in [-0.1, -0.05) is 96.1 Å². The SMILES string of the molecule is COc1ccc(C(OCC2CC(n3ccc(=O)[nH]c3=O)C(O[Si](C)(C)C(C)(C)C)C2O[Si](C)(C)C(C)(C)C)(c2ccccc2)c2ccc(OC)cc2)cc1. The van der Waals surface area contributed by atoms with Crippen LogP contribution in [0.2, 0.25) is 36.3 Å². The molecular weight excluding hydrogens is 713 g/mol. The lowest BCUT2D eigenvalue weighted by molar-refractivity contribution is -0.0430. The molecule has 11 heteroatoms. The van der Waals surface area contributed by atoms with Gasteiger partial charge in [0.2, 0.25) is 0 Å². The first-order valence-electron chi connectivity index (χ1n) is 18.9. The third kappa shape index (κ3) is 8.40. The van der Waals surface area contributed by atoms with Crippen molar-refractivity contribution in [2.45, 2.75) is 108 Å². The van der Waals surface area contributed by atoms with E-state index in [2.05, 4.69) is 109 Å². The van der Waals surface area contributed by atoms with Crippen molar-refractivity contribution in [3.8, 4) is 11.5 Å². The van der Waals surface area contributed by atoms with E-state index >= 15 is 0 Å². The summed E-state index contributed by atoms with van der Waals surface area (Å²) >= 11 is 0. The van der Waals surface area contributed by atoms with E-state index in [0.29, 0.717) is 6.42 Å². The number of benzene rings is 3. The summed E-state index contributed by atoms with van der Waals surface area (Å²) < 4.78 is 35.1. The fourth-order valence-electron chi connectivity index (χ4n) is 6.84. The summed E-state index contributed by atoms with van der Waals surface area (Å²) in [6, 6.07) is 27.3. The number of H-pyrrole nitrogens is 1. The van der Waals surface area contributed by atoms with Crippen LogP contribution in [-0.2, 0) is 19.2 Å². The normalized spacial score (nSPS) is 19.9. The first kappa shape index (κ1) is 41.4. The molecule has 1 fully saturated rings. The molecule has 0 saturated heterocycles. The predicted molar refractivity (Wildman–Crippen MR) is 221 cm³/mol. The molecule has 4 atom stereocenters. The van der Waals surface area contributed by atoms with Crippen molar-refractivity contribution < 1.29 is 23.1 Å². The molecule has 1 heterocycles. The monoisotopic (exact) mass is 772 g/mol. The van der Waals surface area contributed by atoms with E-state index in [1.165, 1.54) is 6.07 Å². The highest BCUT2D eigenvalue weighted by atomic mass is 28.4. The van der Waals surface area contributed by atoms with E-state index in [-0.39, 0.29) is 22.6 Å². The van der Waals surface area contributed by atoms with Crippen LogP contribution in [-0.4, -0.2) is 59.2 Å². The Morgan fingerprint density at radius 3 is 1.57 bits per heavy atom. The zero-order valence-corrected chi connectivity index (χ0v) is 36.2. The molecule has 0 aliphatic heterocycles. The number of methoxy groups -OCH3 is 2. The summed E-state index contributed by atoms with van der Waals surface area (Å²) in [6.45, 7) is 22.7. The smallest absolute Gasteiger partial charge is 0.328 e. The van der Waals surface area contributed by atoms with Gasteiger partial charge in [0.1, 0.15) is 17.1 Å². The van der Waals surface area contributed by atoms with Gasteiger partial charge in [-0.15, -0.1) is 0 Å². The summed E-state index contributed by atoms with van der Waals surface area (Å²) in [6.07, 6.45) is 1.28. The van der Waals surface area contributed by atoms with Crippen LogP contribution in [0.15, 0.2) is 101 Å². The van der Waals surface area contributed by atoms with Crippen molar-refractivity contribution in [2.75, 3.05) is 20.8 Å². The van der Waals surface area contributed by atoms with Crippen molar-refractivity contribution in [3.63, 3.8) is 0 Å². The van der Waals surface area contributed by atoms with E-state index in [9.17, 15) is 9.59 Å². The Labute approximate surface area is 323 Å². The number of rotatable bonds is 13. The fraction of sp³-hybridized carbons (Fsp3) is 0.488. The van der Waals surface area contributed by atoms with Gasteiger partial charge >= 0.3 is 5.69 Å². The second kappa shape index (κ2) is 15.8. The number of aromatic amines is 1. The third-order valence-electron chi connectivity index (χ3n) is 12.1. The standard InChI is InChI=1S/C43H60N2O7Si2/c1-41(2,3)53(9,10)51-38-30(28-36(45-27-26-37(46)44-40(45)47)39(38)52-54(11,12)42(4,5)6)29-50-43(31-16-14-13-15-17-31,32-18-22-34(48-7)23-19-32)33-20-24-35(49-8)25-21-33/h13-27,30,36,38-39H,28-29H2,1-12H3,(H,44,46,47). The zero-order valence-electron chi connectivity index (χ0n) is 34.2. The number of hydrogen-bond acceptors (Lipinski definition) is 7. The van der Waals surface area contributed by atoms with Crippen molar-refractivity contribution in [3.05, 3.63) is 129 Å². The summed E-state index contributed by atoms with van der Waals surface area (Å²) in [7, 11) is -1.50. The van der Waals surface area contributed by atoms with Crippen LogP contribution in [0, 0.1) is 5.92 Å². The predicted octanol–water partition coefficient (Wildman–Crippen LogP) is 8.90. The Morgan fingerprint density at radius 2 is 1.13 bits per heavy atom. The second-order valence-electron chi connectivity index (χ2n) is 17.6. The second-order valence-corrected chi connectivity index (χ2v) is 27.1. The molecule has 4 aromatic rings. The molecule has 5 rings (SSSR count). The van der Waals surface area contributed by atoms with E-state index < -0.39 is 51.7 Å². The number of nitrogens with zero attached hydrogens (tertiary/aromatic N) is 1. The highest BCUT2D eigenvalue weighted by Gasteiger charge is 2.54. The van der Waals surface area contributed by atoms with Crippen LogP contribution in [0.25, 0.3) is 0 Å². The first-order valence-corrected chi connectivity index (χ1v) is 24.7. The maximum absolute atomic E-state index is 13.5. The van der Waals surface area contributed by atoms with Crippen molar-refractivity contribution >= 4 is 16.6 Å². The van der Waals surface area contributed by atoms with Gasteiger partial charge in [0.15, 0.2) is 16.6 Å². The molecule has 4 unspecified atom stereocenters. The van der Waals surface area contributed by atoms with Gasteiger partial charge < -0.3 is 23.1 Å². The van der Waals surface area contributed by atoms with Gasteiger partial charge in [-0.25, -0.2) is 4.79 Å². The van der Waals surface area contributed by atoms with Crippen LogP contribution >= 0.6 is 0 Å². The Kier molecular flexibility index (Phi) is 12.1. The van der Waals surface area contributed by atoms with Crippen molar-refractivity contribution in [1.82, 2.24) is 9.55 Å². The number of hydrogen-bond donors (Lipinski definition) is 1. The summed E-state index contributed by atoms with van der Waals surface area (Å²) in [5, 5.41) is -0.193. The largest absolute Gasteiger partial charge is 0.497 e. The fourth-order valence-corrected chi connectivity index (χ4v) is 9.52. The lowest BCUT2D eigenvalue weighted by Gasteiger charge is -2.45. The van der Waals surface area contributed by atoms with Gasteiger partial charge in [0.25, 0.3) is 5.56 Å². The third-order valence-corrected chi connectivity index (χ3v) is 21.0. The minimum absolute atomic E-state index is 0.0905. The molecule has 9 nitrogen and oxygen atoms in total. The van der Waals surface area contributed by atoms with Crippen LogP contribution in [0.1, 0.15) is 70.7 Å². The van der Waals surface area contributed by atoms with Gasteiger partial charge in [-0.05, 0) is 83.6 Å². The average molecular weight is 773 g/mol. The summed E-state index contributed by atoms with van der Waals surface area (Å²) in [5.74, 6) is 1.31. The molecule has 1 aliphatic carbocycles. The summed E-state index contributed by atoms with van der Waals surface area (Å²) in [5.41, 5.74) is 0.895. The van der Waals surface area contributed by atoms with Crippen molar-refractivity contribution in [2.24, 2.45) is 5.92 Å². The minimum Gasteiger partial charge on any atom is -0.497 e. The van der Waals surface area contributed by atoms with E-state index in [4.69, 9.17) is 23.1 Å². The topological polar surface area (TPSA) is 101 Å². The maximum Gasteiger partial charge on any atom is 0.328 e. The molecule has 0 bridgehead atoms. The van der Waals surface area contributed by atoms with Gasteiger partial charge in [-0.3, -0.25) is 14.3 Å². The quantitative estimate of drug-likeness (QED) is 0.107. The molecule has 1 saturated carbocycles. The molecule has 292 valence electrons. The molecular formula is C43H60N2O7Si2. The minimum atomic E-state index is -2.42. The van der Waals surface area contributed by atoms with E-state index in [1.54, 1.807) is 25.0 Å². The Balaban J connectivity index is 1.70. The number of aromatic nitrogens is 2.